The fourth-order valence-corrected chi connectivity index (χ4v) is 1.39. The van der Waals surface area contributed by atoms with Crippen molar-refractivity contribution in [1.29, 1.82) is 5.26 Å². The van der Waals surface area contributed by atoms with Gasteiger partial charge in [-0.1, -0.05) is 6.07 Å². The fourth-order valence-electron chi connectivity index (χ4n) is 1.39. The summed E-state index contributed by atoms with van der Waals surface area (Å²) in [6.45, 7) is 0. The van der Waals surface area contributed by atoms with E-state index in [0.29, 0.717) is 0 Å². The lowest BCUT2D eigenvalue weighted by Gasteiger charge is -2.23. The van der Waals surface area contributed by atoms with Gasteiger partial charge in [0, 0.05) is 0 Å². The fraction of sp³-hybridized carbons (Fsp3) is 0.222. The van der Waals surface area contributed by atoms with Crippen molar-refractivity contribution in [3.05, 3.63) is 35.1 Å². The van der Waals surface area contributed by atoms with Crippen molar-refractivity contribution < 1.29 is 4.39 Å². The molecule has 0 heterocycles. The molecule has 0 unspecified atom stereocenters. The molecule has 0 amide bonds. The average Bonchev–Trinajstić information content (AvgIpc) is 1.97. The Labute approximate surface area is 64.1 Å². The number of halogens is 1. The van der Waals surface area contributed by atoms with E-state index >= 15 is 0 Å². The molecule has 2 heteroatoms. The minimum atomic E-state index is -0.247. The SMILES string of the molecule is N#C[C@H]1Cc2ccc(F)cc21. The number of hydrogen-bond acceptors (Lipinski definition) is 1. The zero-order valence-corrected chi connectivity index (χ0v) is 5.84. The molecule has 0 aromatic heterocycles. The van der Waals surface area contributed by atoms with E-state index in [1.165, 1.54) is 12.1 Å². The molecule has 1 aliphatic carbocycles. The van der Waals surface area contributed by atoms with Gasteiger partial charge in [0.2, 0.25) is 0 Å². The van der Waals surface area contributed by atoms with Crippen LogP contribution in [0.25, 0.3) is 0 Å². The van der Waals surface area contributed by atoms with Crippen molar-refractivity contribution in [2.45, 2.75) is 12.3 Å². The van der Waals surface area contributed by atoms with E-state index < -0.39 is 0 Å². The van der Waals surface area contributed by atoms with Crippen LogP contribution >= 0.6 is 0 Å². The smallest absolute Gasteiger partial charge is 0.123 e. The minimum Gasteiger partial charge on any atom is -0.207 e. The van der Waals surface area contributed by atoms with E-state index in [1.807, 2.05) is 0 Å². The lowest BCUT2D eigenvalue weighted by Crippen LogP contribution is -2.15. The van der Waals surface area contributed by atoms with E-state index in [0.717, 1.165) is 17.5 Å². The highest BCUT2D eigenvalue weighted by molar-refractivity contribution is 5.44. The van der Waals surface area contributed by atoms with E-state index in [9.17, 15) is 4.39 Å². The van der Waals surface area contributed by atoms with Gasteiger partial charge in [0.05, 0.1) is 12.0 Å². The summed E-state index contributed by atoms with van der Waals surface area (Å²) in [5.41, 5.74) is 1.98. The van der Waals surface area contributed by atoms with Crippen LogP contribution in [0.15, 0.2) is 18.2 Å². The Balaban J connectivity index is 2.47. The van der Waals surface area contributed by atoms with Crippen LogP contribution in [0.2, 0.25) is 0 Å². The Morgan fingerprint density at radius 1 is 1.55 bits per heavy atom. The standard InChI is InChI=1S/C9H6FN/c10-8-2-1-6-3-7(5-11)9(6)4-8/h1-2,4,7H,3H2/t7-/m1/s1. The van der Waals surface area contributed by atoms with Crippen LogP contribution in [0.3, 0.4) is 0 Å². The van der Waals surface area contributed by atoms with Crippen molar-refractivity contribution >= 4 is 0 Å². The van der Waals surface area contributed by atoms with Gasteiger partial charge in [0.25, 0.3) is 0 Å². The molecule has 0 N–H and O–H groups in total. The highest BCUT2D eigenvalue weighted by atomic mass is 19.1. The molecule has 11 heavy (non-hydrogen) atoms. The molecule has 1 aromatic rings. The zero-order valence-electron chi connectivity index (χ0n) is 5.84. The van der Waals surface area contributed by atoms with Crippen molar-refractivity contribution in [2.75, 3.05) is 0 Å². The van der Waals surface area contributed by atoms with Crippen LogP contribution in [0, 0.1) is 17.1 Å². The molecule has 1 atom stereocenters. The summed E-state index contributed by atoms with van der Waals surface area (Å²) < 4.78 is 12.6. The van der Waals surface area contributed by atoms with Gasteiger partial charge in [-0.25, -0.2) is 4.39 Å². The predicted octanol–water partition coefficient (Wildman–Crippen LogP) is 1.99. The van der Waals surface area contributed by atoms with Gasteiger partial charge in [-0.3, -0.25) is 0 Å². The normalized spacial score (nSPS) is 19.8. The highest BCUT2D eigenvalue weighted by Crippen LogP contribution is 2.34. The molecular weight excluding hydrogens is 141 g/mol. The lowest BCUT2D eigenvalue weighted by atomic mass is 9.79. The topological polar surface area (TPSA) is 23.8 Å². The number of hydrogen-bond donors (Lipinski definition) is 0. The Morgan fingerprint density at radius 3 is 3.09 bits per heavy atom. The Bertz CT molecular complexity index is 338. The molecule has 1 aromatic carbocycles. The van der Waals surface area contributed by atoms with Gasteiger partial charge >= 0.3 is 0 Å². The highest BCUT2D eigenvalue weighted by Gasteiger charge is 2.25. The van der Waals surface area contributed by atoms with Gasteiger partial charge in [-0.05, 0) is 29.7 Å². The monoisotopic (exact) mass is 147 g/mol. The number of benzene rings is 1. The maximum absolute atomic E-state index is 12.6. The summed E-state index contributed by atoms with van der Waals surface area (Å²) >= 11 is 0. The molecule has 0 saturated heterocycles. The second-order valence-electron chi connectivity index (χ2n) is 2.73. The summed E-state index contributed by atoms with van der Waals surface area (Å²) in [7, 11) is 0. The van der Waals surface area contributed by atoms with E-state index in [2.05, 4.69) is 6.07 Å². The van der Waals surface area contributed by atoms with Crippen LogP contribution in [0.4, 0.5) is 4.39 Å². The van der Waals surface area contributed by atoms with Crippen molar-refractivity contribution in [3.63, 3.8) is 0 Å². The first-order valence-corrected chi connectivity index (χ1v) is 3.49. The van der Waals surface area contributed by atoms with Crippen LogP contribution in [-0.2, 0) is 6.42 Å². The third-order valence-corrected chi connectivity index (χ3v) is 2.06. The summed E-state index contributed by atoms with van der Waals surface area (Å²) in [5, 5.41) is 8.55. The van der Waals surface area contributed by atoms with E-state index in [4.69, 9.17) is 5.26 Å². The molecule has 2 rings (SSSR count). The molecular formula is C9H6FN. The van der Waals surface area contributed by atoms with Gasteiger partial charge in [-0.2, -0.15) is 5.26 Å². The van der Waals surface area contributed by atoms with E-state index in [1.54, 1.807) is 6.07 Å². The third-order valence-electron chi connectivity index (χ3n) is 2.06. The Hall–Kier alpha value is -1.36. The van der Waals surface area contributed by atoms with E-state index in [-0.39, 0.29) is 11.7 Å². The van der Waals surface area contributed by atoms with Gasteiger partial charge < -0.3 is 0 Å². The summed E-state index contributed by atoms with van der Waals surface area (Å²) in [6, 6.07) is 6.75. The molecule has 1 nitrogen and oxygen atoms in total. The summed E-state index contributed by atoms with van der Waals surface area (Å²) in [5.74, 6) is -0.315. The minimum absolute atomic E-state index is 0.0688. The van der Waals surface area contributed by atoms with Gasteiger partial charge in [-0.15, -0.1) is 0 Å². The quantitative estimate of drug-likeness (QED) is 0.550. The Kier molecular flexibility index (Phi) is 1.19. The van der Waals surface area contributed by atoms with Crippen molar-refractivity contribution in [1.82, 2.24) is 0 Å². The second kappa shape index (κ2) is 2.06. The predicted molar refractivity (Wildman–Crippen MR) is 38.5 cm³/mol. The largest absolute Gasteiger partial charge is 0.207 e. The van der Waals surface area contributed by atoms with Crippen LogP contribution in [0.5, 0.6) is 0 Å². The second-order valence-corrected chi connectivity index (χ2v) is 2.73. The number of rotatable bonds is 0. The summed E-state index contributed by atoms with van der Waals surface area (Å²) in [4.78, 5) is 0. The van der Waals surface area contributed by atoms with Gasteiger partial charge in [0.15, 0.2) is 0 Å². The summed E-state index contributed by atoms with van der Waals surface area (Å²) in [6.07, 6.45) is 0.784. The third kappa shape index (κ3) is 0.813. The molecule has 0 saturated carbocycles. The molecule has 54 valence electrons. The number of nitrogens with zero attached hydrogens (tertiary/aromatic N) is 1. The lowest BCUT2D eigenvalue weighted by molar-refractivity contribution is 0.614. The maximum Gasteiger partial charge on any atom is 0.123 e. The molecule has 0 bridgehead atoms. The van der Waals surface area contributed by atoms with Crippen LogP contribution < -0.4 is 0 Å². The average molecular weight is 147 g/mol. The van der Waals surface area contributed by atoms with Crippen LogP contribution in [-0.4, -0.2) is 0 Å². The first-order valence-electron chi connectivity index (χ1n) is 3.49. The van der Waals surface area contributed by atoms with Crippen LogP contribution in [0.1, 0.15) is 17.0 Å². The van der Waals surface area contributed by atoms with Crippen molar-refractivity contribution in [3.8, 4) is 6.07 Å². The molecule has 0 fully saturated rings. The maximum atomic E-state index is 12.6. The first-order chi connectivity index (χ1) is 5.31. The molecule has 0 aliphatic heterocycles. The Morgan fingerprint density at radius 2 is 2.36 bits per heavy atom. The molecule has 1 aliphatic rings. The zero-order chi connectivity index (χ0) is 7.84. The van der Waals surface area contributed by atoms with Gasteiger partial charge in [0.1, 0.15) is 5.82 Å². The first kappa shape index (κ1) is 6.36. The number of nitriles is 1. The molecule has 0 radical (unpaired) electrons. The molecule has 0 spiro atoms. The van der Waals surface area contributed by atoms with Crippen molar-refractivity contribution in [2.24, 2.45) is 0 Å². The number of fused-ring (bicyclic) bond motifs is 1.